The smallest absolute Gasteiger partial charge is 0.305 e. The number of halogens is 5. The molecule has 0 aliphatic heterocycles. The van der Waals surface area contributed by atoms with E-state index in [0.29, 0.717) is 0 Å². The molecule has 18 heavy (non-hydrogen) atoms. The van der Waals surface area contributed by atoms with Gasteiger partial charge >= 0.3 is 12.3 Å². The summed E-state index contributed by atoms with van der Waals surface area (Å²) in [4.78, 5) is 19.8. The minimum atomic E-state index is -4.55. The van der Waals surface area contributed by atoms with Crippen molar-refractivity contribution in [3.05, 3.63) is 33.5 Å². The lowest BCUT2D eigenvalue weighted by atomic mass is 10.3. The van der Waals surface area contributed by atoms with E-state index >= 15 is 0 Å². The Hall–Kier alpha value is -1.70. The Kier molecular flexibility index (Phi) is 2.97. The number of hydrogen-bond acceptors (Lipinski definition) is 3. The van der Waals surface area contributed by atoms with Crippen LogP contribution < -0.4 is 5.56 Å². The molecule has 4 nitrogen and oxygen atoms in total. The van der Waals surface area contributed by atoms with Crippen LogP contribution in [0.3, 0.4) is 0 Å². The van der Waals surface area contributed by atoms with E-state index in [-0.39, 0.29) is 16.1 Å². The van der Waals surface area contributed by atoms with Gasteiger partial charge < -0.3 is 4.98 Å². The molecule has 2 rings (SSSR count). The highest BCUT2D eigenvalue weighted by Crippen LogP contribution is 2.31. The molecular weight excluding hydrogens is 278 g/mol. The van der Waals surface area contributed by atoms with E-state index in [1.165, 1.54) is 0 Å². The summed E-state index contributed by atoms with van der Waals surface area (Å²) < 4.78 is 50.3. The highest BCUT2D eigenvalue weighted by molar-refractivity contribution is 6.31. The zero-order valence-corrected chi connectivity index (χ0v) is 9.18. The van der Waals surface area contributed by atoms with Crippen molar-refractivity contribution in [3.63, 3.8) is 0 Å². The molecule has 0 radical (unpaired) electrons. The molecule has 0 aromatic carbocycles. The van der Waals surface area contributed by atoms with Crippen LogP contribution in [0.25, 0.3) is 11.0 Å². The molecule has 0 spiro atoms. The molecule has 0 saturated carbocycles. The van der Waals surface area contributed by atoms with Crippen LogP contribution in [0.1, 0.15) is 5.82 Å². The molecule has 0 atom stereocenters. The maximum absolute atomic E-state index is 13.0. The van der Waals surface area contributed by atoms with Gasteiger partial charge in [0.2, 0.25) is 0 Å². The number of aromatic nitrogens is 3. The first-order valence-electron chi connectivity index (χ1n) is 4.54. The third kappa shape index (κ3) is 2.03. The van der Waals surface area contributed by atoms with Crippen LogP contribution in [0.15, 0.2) is 17.1 Å². The lowest BCUT2D eigenvalue weighted by Gasteiger charge is -2.13. The monoisotopic (exact) mass is 281 g/mol. The number of fused-ring (bicyclic) bond motifs is 1. The maximum Gasteiger partial charge on any atom is 0.363 e. The van der Waals surface area contributed by atoms with Gasteiger partial charge in [0.15, 0.2) is 11.5 Å². The van der Waals surface area contributed by atoms with Gasteiger partial charge in [-0.25, -0.2) is 18.7 Å². The molecule has 1 N–H and O–H groups in total. The average Bonchev–Trinajstić information content (AvgIpc) is 2.29. The second kappa shape index (κ2) is 4.20. The number of rotatable bonds is 2. The molecule has 2 aromatic rings. The van der Waals surface area contributed by atoms with Crippen molar-refractivity contribution in [1.82, 2.24) is 15.0 Å². The zero-order valence-electron chi connectivity index (χ0n) is 8.42. The molecule has 2 aromatic heterocycles. The summed E-state index contributed by atoms with van der Waals surface area (Å²) in [6.45, 7) is 0. The van der Waals surface area contributed by atoms with Gasteiger partial charge in [0.05, 0.1) is 10.4 Å². The van der Waals surface area contributed by atoms with Gasteiger partial charge in [0.25, 0.3) is 5.56 Å². The van der Waals surface area contributed by atoms with Gasteiger partial charge in [-0.1, -0.05) is 11.6 Å². The van der Waals surface area contributed by atoms with E-state index < -0.39 is 23.7 Å². The Balaban J connectivity index is 2.71. The van der Waals surface area contributed by atoms with E-state index in [2.05, 4.69) is 9.97 Å². The van der Waals surface area contributed by atoms with Crippen LogP contribution in [0.5, 0.6) is 0 Å². The van der Waals surface area contributed by atoms with Gasteiger partial charge in [-0.2, -0.15) is 8.78 Å². The lowest BCUT2D eigenvalue weighted by molar-refractivity contribution is -0.140. The fraction of sp³-hybridized carbons (Fsp3) is 0.222. The number of hydrogen-bond donors (Lipinski definition) is 1. The summed E-state index contributed by atoms with van der Waals surface area (Å²) in [5, 5.41) is -0.0560. The first-order valence-corrected chi connectivity index (χ1v) is 4.92. The number of nitrogens with one attached hydrogen (secondary N) is 1. The quantitative estimate of drug-likeness (QED) is 0.860. The molecule has 2 heterocycles. The predicted octanol–water partition coefficient (Wildman–Crippen LogP) is 2.33. The highest BCUT2D eigenvalue weighted by Gasteiger charge is 2.45. The number of alkyl halides is 4. The molecule has 0 amide bonds. The van der Waals surface area contributed by atoms with Crippen molar-refractivity contribution in [2.75, 3.05) is 0 Å². The van der Waals surface area contributed by atoms with Crippen molar-refractivity contribution in [1.29, 1.82) is 0 Å². The molecular formula is C9H4ClF4N3O. The van der Waals surface area contributed by atoms with Crippen molar-refractivity contribution >= 4 is 22.6 Å². The van der Waals surface area contributed by atoms with Gasteiger partial charge in [-0.15, -0.1) is 0 Å². The topological polar surface area (TPSA) is 58.6 Å². The second-order valence-corrected chi connectivity index (χ2v) is 3.80. The molecule has 9 heteroatoms. The molecule has 0 saturated heterocycles. The van der Waals surface area contributed by atoms with Crippen LogP contribution in [-0.4, -0.2) is 21.4 Å². The maximum atomic E-state index is 13.0. The minimum absolute atomic E-state index is 0.100. The van der Waals surface area contributed by atoms with E-state index in [0.717, 1.165) is 12.3 Å². The summed E-state index contributed by atoms with van der Waals surface area (Å²) in [5.74, 6) is -5.97. The largest absolute Gasteiger partial charge is 0.363 e. The SMILES string of the molecule is O=c1[nH]c(C(F)(F)C(F)F)nc2ncc(Cl)cc12. The molecule has 0 aliphatic carbocycles. The van der Waals surface area contributed by atoms with Gasteiger partial charge in [0.1, 0.15) is 0 Å². The number of H-pyrrole nitrogens is 1. The number of pyridine rings is 1. The first-order chi connectivity index (χ1) is 8.32. The zero-order chi connectivity index (χ0) is 13.5. The lowest BCUT2D eigenvalue weighted by Crippen LogP contribution is -2.29. The van der Waals surface area contributed by atoms with Crippen molar-refractivity contribution < 1.29 is 17.6 Å². The van der Waals surface area contributed by atoms with Crippen molar-refractivity contribution in [2.24, 2.45) is 0 Å². The molecule has 0 aliphatic rings. The fourth-order valence-corrected chi connectivity index (χ4v) is 1.42. The number of aromatic amines is 1. The van der Waals surface area contributed by atoms with Crippen LogP contribution in [-0.2, 0) is 5.92 Å². The Morgan fingerprint density at radius 3 is 2.67 bits per heavy atom. The fourth-order valence-electron chi connectivity index (χ4n) is 1.26. The van der Waals surface area contributed by atoms with Gasteiger partial charge in [-0.05, 0) is 6.07 Å². The van der Waals surface area contributed by atoms with E-state index in [9.17, 15) is 22.4 Å². The Morgan fingerprint density at radius 2 is 2.06 bits per heavy atom. The molecule has 96 valence electrons. The standard InChI is InChI=1S/C9H4ClF4N3O/c10-3-1-4-5(15-2-3)16-8(17-6(4)18)9(13,14)7(11)12/h1-2,7H,(H,15,16,17,18). The van der Waals surface area contributed by atoms with Crippen LogP contribution in [0.4, 0.5) is 17.6 Å². The van der Waals surface area contributed by atoms with Gasteiger partial charge in [-0.3, -0.25) is 4.79 Å². The summed E-state index contributed by atoms with van der Waals surface area (Å²) in [5.41, 5.74) is -1.39. The van der Waals surface area contributed by atoms with Crippen molar-refractivity contribution in [3.8, 4) is 0 Å². The summed E-state index contributed by atoms with van der Waals surface area (Å²) in [6, 6.07) is 1.15. The Morgan fingerprint density at radius 1 is 1.39 bits per heavy atom. The first kappa shape index (κ1) is 12.7. The Labute approximate surface area is 102 Å². The number of nitrogens with zero attached hydrogens (tertiary/aromatic N) is 2. The van der Waals surface area contributed by atoms with Gasteiger partial charge in [0, 0.05) is 6.20 Å². The normalized spacial score (nSPS) is 12.3. The summed E-state index contributed by atoms with van der Waals surface area (Å²) in [6.07, 6.45) is -2.91. The second-order valence-electron chi connectivity index (χ2n) is 3.36. The highest BCUT2D eigenvalue weighted by atomic mass is 35.5. The molecule has 0 unspecified atom stereocenters. The third-order valence-electron chi connectivity index (χ3n) is 2.12. The predicted molar refractivity (Wildman–Crippen MR) is 55.1 cm³/mol. The summed E-state index contributed by atoms with van der Waals surface area (Å²) in [7, 11) is 0. The van der Waals surface area contributed by atoms with Crippen LogP contribution in [0, 0.1) is 0 Å². The summed E-state index contributed by atoms with van der Waals surface area (Å²) >= 11 is 5.56. The van der Waals surface area contributed by atoms with E-state index in [1.54, 1.807) is 4.98 Å². The minimum Gasteiger partial charge on any atom is -0.305 e. The Bertz CT molecular complexity index is 658. The van der Waals surface area contributed by atoms with E-state index in [1.807, 2.05) is 0 Å². The average molecular weight is 282 g/mol. The molecule has 0 bridgehead atoms. The van der Waals surface area contributed by atoms with Crippen LogP contribution in [0.2, 0.25) is 5.02 Å². The molecule has 0 fully saturated rings. The third-order valence-corrected chi connectivity index (χ3v) is 2.32. The van der Waals surface area contributed by atoms with Crippen molar-refractivity contribution in [2.45, 2.75) is 12.3 Å². The van der Waals surface area contributed by atoms with Crippen LogP contribution >= 0.6 is 11.6 Å². The van der Waals surface area contributed by atoms with E-state index in [4.69, 9.17) is 11.6 Å².